The summed E-state index contributed by atoms with van der Waals surface area (Å²) in [5.41, 5.74) is -0.0474. The number of rotatable bonds is 5. The lowest BCUT2D eigenvalue weighted by molar-refractivity contribution is -0.385. The third kappa shape index (κ3) is 4.50. The predicted octanol–water partition coefficient (Wildman–Crippen LogP) is 2.49. The van der Waals surface area contributed by atoms with Gasteiger partial charge in [0, 0.05) is 16.8 Å². The molecule has 3 N–H and O–H groups in total. The van der Waals surface area contributed by atoms with Gasteiger partial charge in [0.15, 0.2) is 5.75 Å². The minimum absolute atomic E-state index is 0.158. The number of nitrogens with zero attached hydrogens (tertiary/aromatic N) is 2. The number of halogens is 1. The molecular formula is C18H13ClN4O6. The van der Waals surface area contributed by atoms with E-state index in [1.165, 1.54) is 12.1 Å². The number of hydrogen-bond donors (Lipinski definition) is 3. The number of aromatic hydroxyl groups is 1. The summed E-state index contributed by atoms with van der Waals surface area (Å²) in [6, 6.07) is 8.96. The average molecular weight is 417 g/mol. The molecule has 29 heavy (non-hydrogen) atoms. The van der Waals surface area contributed by atoms with Crippen LogP contribution in [0, 0.1) is 10.1 Å². The smallest absolute Gasteiger partial charge is 0.329 e. The summed E-state index contributed by atoms with van der Waals surface area (Å²) in [4.78, 5) is 47.4. The quantitative estimate of drug-likeness (QED) is 0.296. The minimum Gasteiger partial charge on any atom is -0.502 e. The van der Waals surface area contributed by atoms with Crippen molar-refractivity contribution in [2.75, 3.05) is 11.9 Å². The van der Waals surface area contributed by atoms with E-state index in [2.05, 4.69) is 10.6 Å². The Bertz CT molecular complexity index is 1050. The van der Waals surface area contributed by atoms with Gasteiger partial charge in [-0.05, 0) is 42.0 Å². The maximum Gasteiger partial charge on any atom is 0.329 e. The largest absolute Gasteiger partial charge is 0.502 e. The Labute approximate surface area is 168 Å². The molecule has 0 unspecified atom stereocenters. The Morgan fingerprint density at radius 2 is 1.93 bits per heavy atom. The van der Waals surface area contributed by atoms with Gasteiger partial charge in [-0.15, -0.1) is 0 Å². The number of nitro groups is 1. The van der Waals surface area contributed by atoms with Crippen molar-refractivity contribution in [2.45, 2.75) is 0 Å². The molecule has 1 aliphatic rings. The molecule has 0 aromatic heterocycles. The van der Waals surface area contributed by atoms with Crippen LogP contribution in [0.4, 0.5) is 16.2 Å². The Hall–Kier alpha value is -3.92. The lowest BCUT2D eigenvalue weighted by Gasteiger charge is -2.12. The van der Waals surface area contributed by atoms with Crippen LogP contribution in [-0.2, 0) is 9.59 Å². The number of nitrogens with one attached hydrogen (secondary N) is 2. The van der Waals surface area contributed by atoms with Crippen molar-refractivity contribution in [1.29, 1.82) is 0 Å². The van der Waals surface area contributed by atoms with Crippen molar-refractivity contribution in [3.8, 4) is 5.75 Å². The summed E-state index contributed by atoms with van der Waals surface area (Å²) in [5.74, 6) is -1.89. The van der Waals surface area contributed by atoms with Crippen LogP contribution in [0.2, 0.25) is 5.02 Å². The monoisotopic (exact) mass is 416 g/mol. The van der Waals surface area contributed by atoms with Crippen molar-refractivity contribution in [1.82, 2.24) is 10.2 Å². The highest BCUT2D eigenvalue weighted by Crippen LogP contribution is 2.27. The van der Waals surface area contributed by atoms with Gasteiger partial charge in [-0.3, -0.25) is 19.7 Å². The number of phenols is 1. The molecule has 0 spiro atoms. The van der Waals surface area contributed by atoms with E-state index in [4.69, 9.17) is 11.6 Å². The van der Waals surface area contributed by atoms with Crippen LogP contribution in [-0.4, -0.2) is 39.3 Å². The van der Waals surface area contributed by atoms with Gasteiger partial charge >= 0.3 is 11.7 Å². The molecule has 0 atom stereocenters. The zero-order valence-corrected chi connectivity index (χ0v) is 15.3. The van der Waals surface area contributed by atoms with Gasteiger partial charge in [0.05, 0.1) is 4.92 Å². The van der Waals surface area contributed by atoms with Gasteiger partial charge in [-0.2, -0.15) is 0 Å². The number of urea groups is 1. The number of carbonyl (C=O) groups is 3. The van der Waals surface area contributed by atoms with Gasteiger partial charge in [0.2, 0.25) is 5.91 Å². The summed E-state index contributed by atoms with van der Waals surface area (Å²) < 4.78 is 0. The van der Waals surface area contributed by atoms with Gasteiger partial charge in [0.1, 0.15) is 12.2 Å². The zero-order valence-electron chi connectivity index (χ0n) is 14.6. The van der Waals surface area contributed by atoms with Crippen LogP contribution >= 0.6 is 11.6 Å². The highest BCUT2D eigenvalue weighted by Gasteiger charge is 2.35. The van der Waals surface area contributed by atoms with Gasteiger partial charge < -0.3 is 15.7 Å². The maximum absolute atomic E-state index is 12.4. The zero-order chi connectivity index (χ0) is 21.1. The van der Waals surface area contributed by atoms with Crippen LogP contribution in [0.5, 0.6) is 5.75 Å². The Kier molecular flexibility index (Phi) is 5.46. The number of amides is 4. The molecule has 1 fully saturated rings. The summed E-state index contributed by atoms with van der Waals surface area (Å²) >= 11 is 5.77. The van der Waals surface area contributed by atoms with E-state index < -0.39 is 40.8 Å². The molecule has 1 aliphatic heterocycles. The maximum atomic E-state index is 12.4. The lowest BCUT2D eigenvalue weighted by Crippen LogP contribution is -2.38. The van der Waals surface area contributed by atoms with E-state index >= 15 is 0 Å². The first kappa shape index (κ1) is 19.8. The van der Waals surface area contributed by atoms with Gasteiger partial charge in [-0.25, -0.2) is 9.69 Å². The molecule has 3 rings (SSSR count). The molecule has 0 saturated carbocycles. The van der Waals surface area contributed by atoms with Crippen molar-refractivity contribution in [3.05, 3.63) is 68.9 Å². The molecular weight excluding hydrogens is 404 g/mol. The molecule has 0 radical (unpaired) electrons. The number of phenolic OH excluding ortho intramolecular Hbond substituents is 1. The molecule has 2 aromatic rings. The highest BCUT2D eigenvalue weighted by molar-refractivity contribution is 6.30. The fraction of sp³-hybridized carbons (Fsp3) is 0.0556. The summed E-state index contributed by atoms with van der Waals surface area (Å²) in [6.07, 6.45) is 1.21. The third-order valence-electron chi connectivity index (χ3n) is 3.90. The van der Waals surface area contributed by atoms with E-state index in [9.17, 15) is 29.6 Å². The topological polar surface area (TPSA) is 142 Å². The van der Waals surface area contributed by atoms with Crippen molar-refractivity contribution >= 4 is 46.9 Å². The van der Waals surface area contributed by atoms with E-state index in [1.807, 2.05) is 0 Å². The molecule has 11 heteroatoms. The van der Waals surface area contributed by atoms with E-state index in [-0.39, 0.29) is 11.3 Å². The lowest BCUT2D eigenvalue weighted by atomic mass is 10.1. The SMILES string of the molecule is O=C(CN1C(=O)N/C(=C\c2ccc(O)c([N+](=O)[O-])c2)C1=O)Nc1ccc(Cl)cc1. The van der Waals surface area contributed by atoms with Gasteiger partial charge in [0.25, 0.3) is 5.91 Å². The molecule has 2 aromatic carbocycles. The number of hydrogen-bond acceptors (Lipinski definition) is 6. The molecule has 10 nitrogen and oxygen atoms in total. The second-order valence-electron chi connectivity index (χ2n) is 5.94. The molecule has 148 valence electrons. The molecule has 4 amide bonds. The van der Waals surface area contributed by atoms with Crippen molar-refractivity contribution in [3.63, 3.8) is 0 Å². The Morgan fingerprint density at radius 3 is 2.59 bits per heavy atom. The van der Waals surface area contributed by atoms with E-state index in [0.717, 1.165) is 12.1 Å². The third-order valence-corrected chi connectivity index (χ3v) is 4.15. The van der Waals surface area contributed by atoms with Crippen molar-refractivity contribution < 1.29 is 24.4 Å². The molecule has 0 aliphatic carbocycles. The van der Waals surface area contributed by atoms with Crippen molar-refractivity contribution in [2.24, 2.45) is 0 Å². The second-order valence-corrected chi connectivity index (χ2v) is 6.38. The predicted molar refractivity (Wildman–Crippen MR) is 103 cm³/mol. The van der Waals surface area contributed by atoms with Gasteiger partial charge in [-0.1, -0.05) is 17.7 Å². The summed E-state index contributed by atoms with van der Waals surface area (Å²) in [5, 5.41) is 25.7. The normalized spacial score (nSPS) is 14.8. The first-order valence-corrected chi connectivity index (χ1v) is 8.50. The second kappa shape index (κ2) is 7.98. The minimum atomic E-state index is -0.805. The molecule has 1 heterocycles. The van der Waals surface area contributed by atoms with Crippen LogP contribution in [0.15, 0.2) is 48.2 Å². The number of nitro benzene ring substituents is 1. The van der Waals surface area contributed by atoms with Crippen LogP contribution < -0.4 is 10.6 Å². The fourth-order valence-electron chi connectivity index (χ4n) is 2.54. The van der Waals surface area contributed by atoms with E-state index in [1.54, 1.807) is 24.3 Å². The first-order valence-electron chi connectivity index (χ1n) is 8.12. The van der Waals surface area contributed by atoms with E-state index in [0.29, 0.717) is 15.6 Å². The van der Waals surface area contributed by atoms with Crippen LogP contribution in [0.25, 0.3) is 6.08 Å². The Balaban J connectivity index is 1.73. The summed E-state index contributed by atoms with van der Waals surface area (Å²) in [7, 11) is 0. The standard InChI is InChI=1S/C18H13ClN4O6/c19-11-2-4-12(5-3-11)20-16(25)9-22-17(26)13(21-18(22)27)7-10-1-6-15(24)14(8-10)23(28)29/h1-8,24H,9H2,(H,20,25)(H,21,27)/b13-7-. The van der Waals surface area contributed by atoms with Crippen LogP contribution in [0.1, 0.15) is 5.56 Å². The number of imide groups is 1. The highest BCUT2D eigenvalue weighted by atomic mass is 35.5. The number of benzene rings is 2. The average Bonchev–Trinajstić information content (AvgIpc) is 2.92. The molecule has 0 bridgehead atoms. The van der Waals surface area contributed by atoms with Crippen LogP contribution in [0.3, 0.4) is 0 Å². The fourth-order valence-corrected chi connectivity index (χ4v) is 2.66. The summed E-state index contributed by atoms with van der Waals surface area (Å²) in [6.45, 7) is -0.527. The Morgan fingerprint density at radius 1 is 1.24 bits per heavy atom. The number of carbonyl (C=O) groups excluding carboxylic acids is 3. The molecule has 1 saturated heterocycles. The first-order chi connectivity index (χ1) is 13.7. The number of anilines is 1.